The fourth-order valence-corrected chi connectivity index (χ4v) is 2.29. The molecule has 2 rings (SSSR count). The van der Waals surface area contributed by atoms with Gasteiger partial charge in [0, 0.05) is 23.2 Å². The maximum absolute atomic E-state index is 11.0. The molecule has 80 valence electrons. The third-order valence-corrected chi connectivity index (χ3v) is 3.26. The molecule has 1 aromatic carbocycles. The number of carbonyl (C=O) groups is 1. The van der Waals surface area contributed by atoms with Crippen molar-refractivity contribution in [3.8, 4) is 0 Å². The summed E-state index contributed by atoms with van der Waals surface area (Å²) in [5, 5.41) is 0. The van der Waals surface area contributed by atoms with E-state index in [-0.39, 0.29) is 11.8 Å². The molecule has 0 aromatic heterocycles. The Labute approximate surface area is 97.4 Å². The monoisotopic (exact) mass is 268 g/mol. The molecule has 1 unspecified atom stereocenters. The number of rotatable bonds is 2. The summed E-state index contributed by atoms with van der Waals surface area (Å²) in [6.45, 7) is 1.65. The molecule has 0 aliphatic carbocycles. The maximum atomic E-state index is 11.0. The highest BCUT2D eigenvalue weighted by Crippen LogP contribution is 2.25. The third kappa shape index (κ3) is 2.31. The molecule has 3 nitrogen and oxygen atoms in total. The number of hydrogen-bond donors (Lipinski definition) is 1. The van der Waals surface area contributed by atoms with Gasteiger partial charge in [0.2, 0.25) is 5.91 Å². The number of benzene rings is 1. The lowest BCUT2D eigenvalue weighted by Crippen LogP contribution is -2.27. The van der Waals surface area contributed by atoms with Gasteiger partial charge < -0.3 is 10.6 Å². The Balaban J connectivity index is 2.11. The molecule has 1 heterocycles. The second kappa shape index (κ2) is 4.23. The minimum Gasteiger partial charge on any atom is -0.371 e. The number of nitrogens with two attached hydrogens (primary N) is 1. The second-order valence-corrected chi connectivity index (χ2v) is 4.73. The molecule has 1 saturated heterocycles. The van der Waals surface area contributed by atoms with Crippen LogP contribution in [0, 0.1) is 5.92 Å². The number of carbonyl (C=O) groups excluding carboxylic acids is 1. The molecule has 1 atom stereocenters. The topological polar surface area (TPSA) is 46.3 Å². The van der Waals surface area contributed by atoms with Crippen molar-refractivity contribution in [1.82, 2.24) is 0 Å². The van der Waals surface area contributed by atoms with Crippen LogP contribution in [-0.2, 0) is 4.79 Å². The zero-order valence-electron chi connectivity index (χ0n) is 8.32. The predicted molar refractivity (Wildman–Crippen MR) is 63.7 cm³/mol. The van der Waals surface area contributed by atoms with Crippen molar-refractivity contribution in [1.29, 1.82) is 0 Å². The van der Waals surface area contributed by atoms with Gasteiger partial charge in [-0.2, -0.15) is 0 Å². The summed E-state index contributed by atoms with van der Waals surface area (Å²) in [6.07, 6.45) is 0.863. The minimum atomic E-state index is -0.188. The Bertz CT molecular complexity index is 381. The molecule has 1 aliphatic rings. The molecular weight excluding hydrogens is 256 g/mol. The largest absolute Gasteiger partial charge is 0.371 e. The second-order valence-electron chi connectivity index (χ2n) is 3.81. The number of amides is 1. The Morgan fingerprint density at radius 2 is 2.33 bits per heavy atom. The van der Waals surface area contributed by atoms with Crippen LogP contribution in [0.3, 0.4) is 0 Å². The number of primary amides is 1. The molecule has 1 amide bonds. The first-order valence-corrected chi connectivity index (χ1v) is 5.76. The van der Waals surface area contributed by atoms with E-state index in [2.05, 4.69) is 26.9 Å². The van der Waals surface area contributed by atoms with E-state index in [4.69, 9.17) is 5.73 Å². The normalized spacial score (nSPS) is 20.6. The highest BCUT2D eigenvalue weighted by atomic mass is 79.9. The molecule has 1 aromatic rings. The first kappa shape index (κ1) is 10.5. The average Bonchev–Trinajstić information content (AvgIpc) is 2.66. The zero-order chi connectivity index (χ0) is 10.8. The quantitative estimate of drug-likeness (QED) is 0.889. The van der Waals surface area contributed by atoms with Crippen molar-refractivity contribution >= 4 is 27.5 Å². The van der Waals surface area contributed by atoms with Crippen LogP contribution in [-0.4, -0.2) is 19.0 Å². The number of anilines is 1. The van der Waals surface area contributed by atoms with Gasteiger partial charge in [0.05, 0.1) is 5.92 Å². The molecule has 4 heteroatoms. The van der Waals surface area contributed by atoms with E-state index in [1.54, 1.807) is 0 Å². The predicted octanol–water partition coefficient (Wildman–Crippen LogP) is 1.76. The molecule has 2 N–H and O–H groups in total. The van der Waals surface area contributed by atoms with Crippen molar-refractivity contribution < 1.29 is 4.79 Å². The van der Waals surface area contributed by atoms with Crippen LogP contribution in [0.15, 0.2) is 28.7 Å². The minimum absolute atomic E-state index is 0.00369. The first-order valence-electron chi connectivity index (χ1n) is 4.96. The van der Waals surface area contributed by atoms with Crippen molar-refractivity contribution in [3.63, 3.8) is 0 Å². The van der Waals surface area contributed by atoms with Crippen LogP contribution in [0.2, 0.25) is 0 Å². The summed E-state index contributed by atoms with van der Waals surface area (Å²) in [4.78, 5) is 13.2. The number of halogens is 1. The molecule has 0 spiro atoms. The summed E-state index contributed by atoms with van der Waals surface area (Å²) in [6, 6.07) is 8.10. The lowest BCUT2D eigenvalue weighted by atomic mass is 10.1. The summed E-state index contributed by atoms with van der Waals surface area (Å²) in [5.74, 6) is -0.184. The molecule has 0 bridgehead atoms. The summed E-state index contributed by atoms with van der Waals surface area (Å²) in [7, 11) is 0. The van der Waals surface area contributed by atoms with Crippen LogP contribution < -0.4 is 10.6 Å². The van der Waals surface area contributed by atoms with E-state index >= 15 is 0 Å². The lowest BCUT2D eigenvalue weighted by Gasteiger charge is -2.18. The van der Waals surface area contributed by atoms with Crippen molar-refractivity contribution in [2.75, 3.05) is 18.0 Å². The van der Waals surface area contributed by atoms with Gasteiger partial charge in [-0.1, -0.05) is 22.0 Å². The molecule has 15 heavy (non-hydrogen) atoms. The highest BCUT2D eigenvalue weighted by Gasteiger charge is 2.26. The fraction of sp³-hybridized carbons (Fsp3) is 0.364. The van der Waals surface area contributed by atoms with Gasteiger partial charge in [0.1, 0.15) is 0 Å². The van der Waals surface area contributed by atoms with Crippen LogP contribution in [0.5, 0.6) is 0 Å². The SMILES string of the molecule is NC(=O)C1CCN(c2cccc(Br)c2)C1. The molecular formula is C11H13BrN2O. The van der Waals surface area contributed by atoms with Gasteiger partial charge in [-0.15, -0.1) is 0 Å². The molecule has 1 fully saturated rings. The van der Waals surface area contributed by atoms with Crippen LogP contribution in [0.25, 0.3) is 0 Å². The number of hydrogen-bond acceptors (Lipinski definition) is 2. The van der Waals surface area contributed by atoms with Gasteiger partial charge in [-0.25, -0.2) is 0 Å². The van der Waals surface area contributed by atoms with Gasteiger partial charge in [0.25, 0.3) is 0 Å². The number of nitrogens with zero attached hydrogens (tertiary/aromatic N) is 1. The Kier molecular flexibility index (Phi) is 2.95. The smallest absolute Gasteiger partial charge is 0.222 e. The zero-order valence-corrected chi connectivity index (χ0v) is 9.90. The maximum Gasteiger partial charge on any atom is 0.222 e. The van der Waals surface area contributed by atoms with E-state index in [0.29, 0.717) is 0 Å². The van der Waals surface area contributed by atoms with Crippen LogP contribution in [0.4, 0.5) is 5.69 Å². The van der Waals surface area contributed by atoms with E-state index in [1.165, 1.54) is 0 Å². The van der Waals surface area contributed by atoms with Gasteiger partial charge >= 0.3 is 0 Å². The third-order valence-electron chi connectivity index (χ3n) is 2.76. The van der Waals surface area contributed by atoms with Crippen LogP contribution >= 0.6 is 15.9 Å². The molecule has 1 aliphatic heterocycles. The first-order chi connectivity index (χ1) is 7.16. The summed E-state index contributed by atoms with van der Waals surface area (Å²) >= 11 is 3.43. The van der Waals surface area contributed by atoms with Gasteiger partial charge in [-0.3, -0.25) is 4.79 Å². The van der Waals surface area contributed by atoms with Crippen molar-refractivity contribution in [2.24, 2.45) is 11.7 Å². The molecule has 0 saturated carbocycles. The highest BCUT2D eigenvalue weighted by molar-refractivity contribution is 9.10. The standard InChI is InChI=1S/C11H13BrN2O/c12-9-2-1-3-10(6-9)14-5-4-8(7-14)11(13)15/h1-3,6,8H,4-5,7H2,(H2,13,15). The summed E-state index contributed by atoms with van der Waals surface area (Å²) in [5.41, 5.74) is 6.44. The molecule has 0 radical (unpaired) electrons. The van der Waals surface area contributed by atoms with Gasteiger partial charge in [-0.05, 0) is 24.6 Å². The summed E-state index contributed by atoms with van der Waals surface area (Å²) < 4.78 is 1.06. The van der Waals surface area contributed by atoms with E-state index in [1.807, 2.05) is 18.2 Å². The average molecular weight is 269 g/mol. The van der Waals surface area contributed by atoms with E-state index in [9.17, 15) is 4.79 Å². The Morgan fingerprint density at radius 1 is 1.53 bits per heavy atom. The van der Waals surface area contributed by atoms with Gasteiger partial charge in [0.15, 0.2) is 0 Å². The fourth-order valence-electron chi connectivity index (χ4n) is 1.90. The Hall–Kier alpha value is -1.03. The van der Waals surface area contributed by atoms with Crippen molar-refractivity contribution in [3.05, 3.63) is 28.7 Å². The van der Waals surface area contributed by atoms with E-state index in [0.717, 1.165) is 29.7 Å². The lowest BCUT2D eigenvalue weighted by molar-refractivity contribution is -0.121. The van der Waals surface area contributed by atoms with E-state index < -0.39 is 0 Å². The van der Waals surface area contributed by atoms with Crippen molar-refractivity contribution in [2.45, 2.75) is 6.42 Å². The van der Waals surface area contributed by atoms with Crippen LogP contribution in [0.1, 0.15) is 6.42 Å². The Morgan fingerprint density at radius 3 is 2.93 bits per heavy atom.